The van der Waals surface area contributed by atoms with Crippen LogP contribution in [0.25, 0.3) is 98.0 Å². The molecule has 0 aliphatic rings. The number of aromatic nitrogens is 4. The first-order valence-electron chi connectivity index (χ1n) is 23.7. The summed E-state index contributed by atoms with van der Waals surface area (Å²) in [6.45, 7) is 0. The van der Waals surface area contributed by atoms with Crippen LogP contribution in [-0.4, -0.2) is 18.8 Å². The van der Waals surface area contributed by atoms with Crippen LogP contribution in [-0.2, 0) is 0 Å². The van der Waals surface area contributed by atoms with Crippen molar-refractivity contribution in [3.63, 3.8) is 0 Å². The van der Waals surface area contributed by atoms with Gasteiger partial charge in [0, 0.05) is 101 Å². The molecular formula is C60H36N8O6. The van der Waals surface area contributed by atoms with Gasteiger partial charge in [0.25, 0.3) is 11.1 Å². The highest BCUT2D eigenvalue weighted by atomic mass is 16.5. The summed E-state index contributed by atoms with van der Waals surface area (Å²) in [5, 5.41) is 6.24. The molecule has 0 bridgehead atoms. The Balaban J connectivity index is 1.26. The Morgan fingerprint density at radius 2 is 0.635 bits per heavy atom. The van der Waals surface area contributed by atoms with E-state index in [0.717, 1.165) is 0 Å². The van der Waals surface area contributed by atoms with Crippen LogP contribution < -0.4 is 53.0 Å². The summed E-state index contributed by atoms with van der Waals surface area (Å²) in [6.07, 6.45) is 0. The fourth-order valence-electron chi connectivity index (χ4n) is 11.1. The number of fused-ring (bicyclic) bond motifs is 10. The number of nitrogen functional groups attached to an aromatic ring is 4. The average Bonchev–Trinajstić information content (AvgIpc) is 4.09. The molecule has 8 N–H and O–H groups in total. The molecule has 0 atom stereocenters. The molecule has 74 heavy (non-hydrogen) atoms. The number of anilines is 4. The van der Waals surface area contributed by atoms with Gasteiger partial charge in [-0.3, -0.25) is 18.4 Å². The lowest BCUT2D eigenvalue weighted by atomic mass is 9.84. The smallest absolute Gasteiger partial charge is 0.264 e. The Bertz CT molecular complexity index is 4700. The fraction of sp³-hybridized carbons (Fsp3) is 0. The van der Waals surface area contributed by atoms with Crippen molar-refractivity contribution in [1.82, 2.24) is 18.8 Å². The maximum Gasteiger partial charge on any atom is 0.264 e. The number of benzene rings is 11. The summed E-state index contributed by atoms with van der Waals surface area (Å²) in [5.41, 5.74) is 30.3. The molecule has 0 aliphatic carbocycles. The van der Waals surface area contributed by atoms with E-state index in [1.165, 1.54) is 0 Å². The number of imidazole rings is 2. The van der Waals surface area contributed by atoms with E-state index >= 15 is 9.59 Å². The third kappa shape index (κ3) is 5.87. The first kappa shape index (κ1) is 41.2. The molecule has 0 saturated carbocycles. The Hall–Kier alpha value is -10.6. The van der Waals surface area contributed by atoms with Gasteiger partial charge >= 0.3 is 0 Å². The van der Waals surface area contributed by atoms with Gasteiger partial charge in [0.1, 0.15) is 57.3 Å². The second kappa shape index (κ2) is 15.0. The largest absolute Gasteiger partial charge is 0.457 e. The zero-order valence-corrected chi connectivity index (χ0v) is 38.7. The third-order valence-corrected chi connectivity index (χ3v) is 14.0. The zero-order chi connectivity index (χ0) is 49.7. The van der Waals surface area contributed by atoms with Crippen LogP contribution in [0, 0.1) is 0 Å². The van der Waals surface area contributed by atoms with E-state index in [9.17, 15) is 0 Å². The average molecular weight is 965 g/mol. The molecule has 15 aromatic rings. The van der Waals surface area contributed by atoms with Crippen molar-refractivity contribution in [1.29, 1.82) is 0 Å². The van der Waals surface area contributed by atoms with E-state index in [2.05, 4.69) is 0 Å². The molecule has 11 aromatic carbocycles. The lowest BCUT2D eigenvalue weighted by Crippen LogP contribution is -2.15. The molecule has 0 saturated heterocycles. The third-order valence-electron chi connectivity index (χ3n) is 14.0. The molecular weight excluding hydrogens is 929 g/mol. The molecule has 14 heteroatoms. The first-order valence-corrected chi connectivity index (χ1v) is 23.7. The van der Waals surface area contributed by atoms with Gasteiger partial charge in [-0.15, -0.1) is 0 Å². The Kier molecular flexibility index (Phi) is 8.33. The molecule has 0 spiro atoms. The lowest BCUT2D eigenvalue weighted by Gasteiger charge is -2.25. The minimum Gasteiger partial charge on any atom is -0.457 e. The monoisotopic (exact) mass is 964 g/mol. The summed E-state index contributed by atoms with van der Waals surface area (Å²) in [7, 11) is 0. The van der Waals surface area contributed by atoms with Crippen molar-refractivity contribution in [3.05, 3.63) is 191 Å². The number of nitrogens with zero attached hydrogens (tertiary/aromatic N) is 4. The van der Waals surface area contributed by atoms with Crippen LogP contribution in [0.5, 0.6) is 46.0 Å². The molecule has 0 amide bonds. The number of para-hydroxylation sites is 4. The van der Waals surface area contributed by atoms with Crippen LogP contribution in [0.2, 0.25) is 0 Å². The summed E-state index contributed by atoms with van der Waals surface area (Å²) in [4.78, 5) is 41.3. The van der Waals surface area contributed by atoms with Gasteiger partial charge < -0.3 is 41.9 Å². The maximum absolute atomic E-state index is 15.5. The van der Waals surface area contributed by atoms with Crippen molar-refractivity contribution in [2.45, 2.75) is 0 Å². The number of hydrogen-bond acceptors (Lipinski definition) is 12. The fourth-order valence-corrected chi connectivity index (χ4v) is 11.1. The van der Waals surface area contributed by atoms with E-state index < -0.39 is 0 Å². The molecule has 0 fully saturated rings. The summed E-state index contributed by atoms with van der Waals surface area (Å²) in [5.74, 6) is 2.95. The predicted molar refractivity (Wildman–Crippen MR) is 294 cm³/mol. The summed E-state index contributed by atoms with van der Waals surface area (Å²) >= 11 is 0. The molecule has 4 aromatic heterocycles. The molecule has 4 heterocycles. The van der Waals surface area contributed by atoms with E-state index in [0.29, 0.717) is 155 Å². The minimum atomic E-state index is -0.325. The van der Waals surface area contributed by atoms with Crippen molar-refractivity contribution in [2.75, 3.05) is 22.9 Å². The zero-order valence-electron chi connectivity index (χ0n) is 38.7. The van der Waals surface area contributed by atoms with E-state index in [1.54, 1.807) is 93.7 Å². The molecule has 0 radical (unpaired) electrons. The quantitative estimate of drug-likeness (QED) is 0.0637. The van der Waals surface area contributed by atoms with Gasteiger partial charge in [-0.05, 0) is 97.1 Å². The van der Waals surface area contributed by atoms with E-state index in [-0.39, 0.29) is 22.6 Å². The SMILES string of the molecule is Nc1cccc(Oc2cc3c(=O)n4c5ccccc5nc4c4cc(Oc5cccc(N)c5)c5c6c(Oc7cccc(N)c7)cc7c(=O)n8c9ccccc9nc8c8cc(Oc9cccc(N)c9)c(c2c5c34)c6c78)c1. The number of pyridine rings is 2. The highest BCUT2D eigenvalue weighted by Gasteiger charge is 2.33. The van der Waals surface area contributed by atoms with Crippen LogP contribution in [0.4, 0.5) is 22.7 Å². The van der Waals surface area contributed by atoms with Gasteiger partial charge in [-0.25, -0.2) is 9.97 Å². The number of nitrogens with two attached hydrogens (primary N) is 4. The minimum absolute atomic E-state index is 0.282. The standard InChI is InChI=1S/C60H36N8O6/c61-29-9-5-13-33(21-29)71-45-25-37-49-39(59(69)67-43-19-3-1-17-41(43)65-57(37)67)27-47(73-35-15-7-11-31(63)23-35)53-52-46(72-34-14-6-10-30(62)22-34)26-38-50-40(60(70)68-44-20-4-2-18-42(44)66-58(38)68)28-48(54(56(50)52)51(45)55(49)53)74-36-16-8-12-32(64)24-36/h1-28H,61-64H2. The number of hydrogen-bond donors (Lipinski definition) is 4. The Morgan fingerprint density at radius 1 is 0.324 bits per heavy atom. The first-order chi connectivity index (χ1) is 36.1. The summed E-state index contributed by atoms with van der Waals surface area (Å²) in [6, 6.07) is 50.8. The van der Waals surface area contributed by atoms with Crippen LogP contribution in [0.3, 0.4) is 0 Å². The molecule has 0 aliphatic heterocycles. The van der Waals surface area contributed by atoms with Crippen molar-refractivity contribution in [2.24, 2.45) is 0 Å². The van der Waals surface area contributed by atoms with Crippen molar-refractivity contribution < 1.29 is 18.9 Å². The Morgan fingerprint density at radius 3 is 0.959 bits per heavy atom. The summed E-state index contributed by atoms with van der Waals surface area (Å²) < 4.78 is 31.7. The van der Waals surface area contributed by atoms with Crippen molar-refractivity contribution in [3.8, 4) is 46.0 Å². The normalized spacial score (nSPS) is 12.1. The van der Waals surface area contributed by atoms with Gasteiger partial charge in [0.15, 0.2) is 0 Å². The lowest BCUT2D eigenvalue weighted by molar-refractivity contribution is 0.484. The maximum atomic E-state index is 15.5. The molecule has 15 rings (SSSR count). The number of rotatable bonds is 8. The van der Waals surface area contributed by atoms with Crippen LogP contribution in [0.15, 0.2) is 179 Å². The van der Waals surface area contributed by atoms with E-state index in [1.807, 2.05) is 84.9 Å². The van der Waals surface area contributed by atoms with Gasteiger partial charge in [-0.2, -0.15) is 0 Å². The highest BCUT2D eigenvalue weighted by molar-refractivity contribution is 6.45. The molecule has 352 valence electrons. The van der Waals surface area contributed by atoms with Gasteiger partial charge in [-0.1, -0.05) is 48.5 Å². The Labute approximate surface area is 416 Å². The van der Waals surface area contributed by atoms with Crippen LogP contribution >= 0.6 is 0 Å². The molecule has 14 nitrogen and oxygen atoms in total. The molecule has 0 unspecified atom stereocenters. The van der Waals surface area contributed by atoms with E-state index in [4.69, 9.17) is 51.9 Å². The second-order valence-electron chi connectivity index (χ2n) is 18.5. The highest BCUT2D eigenvalue weighted by Crippen LogP contribution is 2.57. The predicted octanol–water partition coefficient (Wildman–Crippen LogP) is 12.7. The van der Waals surface area contributed by atoms with Crippen molar-refractivity contribution >= 4 is 121 Å². The van der Waals surface area contributed by atoms with Gasteiger partial charge in [0.2, 0.25) is 0 Å². The van der Waals surface area contributed by atoms with Crippen LogP contribution in [0.1, 0.15) is 0 Å². The number of ether oxygens (including phenoxy) is 4. The second-order valence-corrected chi connectivity index (χ2v) is 18.5. The van der Waals surface area contributed by atoms with Gasteiger partial charge in [0.05, 0.1) is 32.8 Å². The topological polar surface area (TPSA) is 210 Å².